The Morgan fingerprint density at radius 2 is 2.27 bits per heavy atom. The molecule has 0 aromatic heterocycles. The lowest BCUT2D eigenvalue weighted by Gasteiger charge is -2.07. The zero-order valence-electron chi connectivity index (χ0n) is 8.72. The highest BCUT2D eigenvalue weighted by atomic mass is 79.9. The van der Waals surface area contributed by atoms with Crippen molar-refractivity contribution in [2.24, 2.45) is 0 Å². The maximum absolute atomic E-state index is 13.3. The summed E-state index contributed by atoms with van der Waals surface area (Å²) < 4.78 is 19.3. The predicted octanol–water partition coefficient (Wildman–Crippen LogP) is 2.97. The lowest BCUT2D eigenvalue weighted by atomic mass is 10.3. The van der Waals surface area contributed by atoms with Gasteiger partial charge in [0, 0.05) is 4.47 Å². The van der Waals surface area contributed by atoms with E-state index in [1.54, 1.807) is 12.1 Å². The molecule has 0 amide bonds. The summed E-state index contributed by atoms with van der Waals surface area (Å²) in [6, 6.07) is 4.80. The third-order valence-corrected chi connectivity index (χ3v) is 2.39. The molecule has 0 fully saturated rings. The Bertz CT molecular complexity index is 307. The first-order valence-corrected chi connectivity index (χ1v) is 5.82. The molecular weight excluding hydrogens is 261 g/mol. The van der Waals surface area contributed by atoms with Crippen molar-refractivity contribution in [2.45, 2.75) is 13.3 Å². The Morgan fingerprint density at radius 3 is 2.93 bits per heavy atom. The highest BCUT2D eigenvalue weighted by molar-refractivity contribution is 9.10. The molecule has 0 heterocycles. The van der Waals surface area contributed by atoms with Gasteiger partial charge in [0.05, 0.1) is 6.61 Å². The normalized spacial score (nSPS) is 10.3. The van der Waals surface area contributed by atoms with Gasteiger partial charge in [-0.1, -0.05) is 22.9 Å². The van der Waals surface area contributed by atoms with E-state index in [-0.39, 0.29) is 5.82 Å². The van der Waals surface area contributed by atoms with Gasteiger partial charge in [-0.25, -0.2) is 4.39 Å². The average Bonchev–Trinajstić information content (AvgIpc) is 2.20. The molecule has 0 aliphatic rings. The third kappa shape index (κ3) is 4.62. The summed E-state index contributed by atoms with van der Waals surface area (Å²) in [6.45, 7) is 4.43. The topological polar surface area (TPSA) is 21.3 Å². The van der Waals surface area contributed by atoms with Crippen LogP contribution in [0.15, 0.2) is 22.7 Å². The number of benzene rings is 1. The summed E-state index contributed by atoms with van der Waals surface area (Å²) in [5, 5.41) is 3.18. The molecule has 1 rings (SSSR count). The molecule has 0 spiro atoms. The fraction of sp³-hybridized carbons (Fsp3) is 0.455. The molecule has 0 saturated heterocycles. The second kappa shape index (κ2) is 6.80. The minimum atomic E-state index is -0.326. The first kappa shape index (κ1) is 12.5. The minimum Gasteiger partial charge on any atom is -0.490 e. The Labute approximate surface area is 98.0 Å². The molecule has 2 nitrogen and oxygen atoms in total. The first-order chi connectivity index (χ1) is 7.24. The number of rotatable bonds is 6. The Kier molecular flexibility index (Phi) is 5.65. The number of nitrogens with one attached hydrogen (secondary N) is 1. The van der Waals surface area contributed by atoms with Crippen LogP contribution in [0.3, 0.4) is 0 Å². The van der Waals surface area contributed by atoms with Crippen LogP contribution in [-0.2, 0) is 0 Å². The van der Waals surface area contributed by atoms with E-state index in [2.05, 4.69) is 28.2 Å². The van der Waals surface area contributed by atoms with E-state index in [1.165, 1.54) is 6.07 Å². The molecule has 0 aliphatic carbocycles. The summed E-state index contributed by atoms with van der Waals surface area (Å²) in [6.07, 6.45) is 0.878. The molecule has 1 aromatic rings. The van der Waals surface area contributed by atoms with Gasteiger partial charge in [0.1, 0.15) is 0 Å². The van der Waals surface area contributed by atoms with Gasteiger partial charge >= 0.3 is 0 Å². The van der Waals surface area contributed by atoms with E-state index in [9.17, 15) is 4.39 Å². The monoisotopic (exact) mass is 275 g/mol. The van der Waals surface area contributed by atoms with E-state index in [1.807, 2.05) is 0 Å². The lowest BCUT2D eigenvalue weighted by Crippen LogP contribution is -2.16. The summed E-state index contributed by atoms with van der Waals surface area (Å²) in [7, 11) is 0. The van der Waals surface area contributed by atoms with Crippen LogP contribution in [0.25, 0.3) is 0 Å². The van der Waals surface area contributed by atoms with Gasteiger partial charge in [0.25, 0.3) is 0 Å². The maximum Gasteiger partial charge on any atom is 0.166 e. The zero-order chi connectivity index (χ0) is 11.1. The smallest absolute Gasteiger partial charge is 0.166 e. The quantitative estimate of drug-likeness (QED) is 0.806. The van der Waals surface area contributed by atoms with E-state index in [0.29, 0.717) is 12.4 Å². The molecule has 1 N–H and O–H groups in total. The van der Waals surface area contributed by atoms with Crippen molar-refractivity contribution in [2.75, 3.05) is 19.7 Å². The third-order valence-electron chi connectivity index (χ3n) is 1.90. The highest BCUT2D eigenvalue weighted by Gasteiger charge is 2.02. The van der Waals surface area contributed by atoms with Crippen molar-refractivity contribution >= 4 is 15.9 Å². The number of halogens is 2. The van der Waals surface area contributed by atoms with Crippen molar-refractivity contribution in [3.63, 3.8) is 0 Å². The van der Waals surface area contributed by atoms with Gasteiger partial charge in [0.15, 0.2) is 11.6 Å². The van der Waals surface area contributed by atoms with Crippen LogP contribution in [0, 0.1) is 5.82 Å². The largest absolute Gasteiger partial charge is 0.490 e. The van der Waals surface area contributed by atoms with E-state index >= 15 is 0 Å². The van der Waals surface area contributed by atoms with Crippen molar-refractivity contribution in [3.05, 3.63) is 28.5 Å². The number of ether oxygens (including phenoxy) is 1. The molecule has 4 heteroatoms. The number of hydrogen-bond acceptors (Lipinski definition) is 2. The van der Waals surface area contributed by atoms with Crippen LogP contribution in [0.5, 0.6) is 5.75 Å². The fourth-order valence-electron chi connectivity index (χ4n) is 1.15. The van der Waals surface area contributed by atoms with E-state index in [4.69, 9.17) is 4.74 Å². The van der Waals surface area contributed by atoms with Gasteiger partial charge in [-0.2, -0.15) is 0 Å². The van der Waals surface area contributed by atoms with Gasteiger partial charge in [-0.3, -0.25) is 0 Å². The van der Waals surface area contributed by atoms with Gasteiger partial charge in [-0.05, 0) is 37.7 Å². The Balaban J connectivity index is 2.31. The standard InChI is InChI=1S/C11H15BrFNO/c1-2-14-6-3-7-15-11-5-4-9(12)8-10(11)13/h4-5,8,14H,2-3,6-7H2,1H3. The molecular formula is C11H15BrFNO. The van der Waals surface area contributed by atoms with Gasteiger partial charge in [-0.15, -0.1) is 0 Å². The van der Waals surface area contributed by atoms with Gasteiger partial charge < -0.3 is 10.1 Å². The molecule has 0 aliphatic heterocycles. The fourth-order valence-corrected chi connectivity index (χ4v) is 1.48. The second-order valence-electron chi connectivity index (χ2n) is 3.13. The molecule has 0 saturated carbocycles. The number of hydrogen-bond donors (Lipinski definition) is 1. The van der Waals surface area contributed by atoms with Crippen LogP contribution >= 0.6 is 15.9 Å². The van der Waals surface area contributed by atoms with Crippen LogP contribution < -0.4 is 10.1 Å². The molecule has 15 heavy (non-hydrogen) atoms. The van der Waals surface area contributed by atoms with Crippen molar-refractivity contribution in [1.29, 1.82) is 0 Å². The Hall–Kier alpha value is -0.610. The van der Waals surface area contributed by atoms with Crippen LogP contribution in [-0.4, -0.2) is 19.7 Å². The molecule has 84 valence electrons. The highest BCUT2D eigenvalue weighted by Crippen LogP contribution is 2.21. The van der Waals surface area contributed by atoms with Gasteiger partial charge in [0.2, 0.25) is 0 Å². The van der Waals surface area contributed by atoms with Crippen molar-refractivity contribution in [3.8, 4) is 5.75 Å². The lowest BCUT2D eigenvalue weighted by molar-refractivity contribution is 0.293. The SMILES string of the molecule is CCNCCCOc1ccc(Br)cc1F. The maximum atomic E-state index is 13.3. The molecule has 0 atom stereocenters. The van der Waals surface area contributed by atoms with Crippen LogP contribution in [0.2, 0.25) is 0 Å². The first-order valence-electron chi connectivity index (χ1n) is 5.02. The van der Waals surface area contributed by atoms with E-state index < -0.39 is 0 Å². The van der Waals surface area contributed by atoms with E-state index in [0.717, 1.165) is 24.0 Å². The van der Waals surface area contributed by atoms with Crippen LogP contribution in [0.1, 0.15) is 13.3 Å². The average molecular weight is 276 g/mol. The summed E-state index contributed by atoms with van der Waals surface area (Å²) in [4.78, 5) is 0. The molecule has 1 aromatic carbocycles. The molecule has 0 unspecified atom stereocenters. The second-order valence-corrected chi connectivity index (χ2v) is 4.05. The van der Waals surface area contributed by atoms with Crippen molar-refractivity contribution < 1.29 is 9.13 Å². The Morgan fingerprint density at radius 1 is 1.47 bits per heavy atom. The van der Waals surface area contributed by atoms with Crippen LogP contribution in [0.4, 0.5) is 4.39 Å². The molecule has 0 bridgehead atoms. The summed E-state index contributed by atoms with van der Waals surface area (Å²) in [5.74, 6) is -0.0116. The predicted molar refractivity (Wildman–Crippen MR) is 62.8 cm³/mol. The van der Waals surface area contributed by atoms with Crippen molar-refractivity contribution in [1.82, 2.24) is 5.32 Å². The summed E-state index contributed by atoms with van der Waals surface area (Å²) >= 11 is 3.19. The molecule has 0 radical (unpaired) electrons. The minimum absolute atomic E-state index is 0.315. The zero-order valence-corrected chi connectivity index (χ0v) is 10.3. The summed E-state index contributed by atoms with van der Waals surface area (Å²) in [5.41, 5.74) is 0.